The molecule has 4 rings (SSSR count). The summed E-state index contributed by atoms with van der Waals surface area (Å²) in [7, 11) is -3.82. The number of aromatic nitrogens is 1. The fourth-order valence-electron chi connectivity index (χ4n) is 3.66. The molecule has 148 valence electrons. The van der Waals surface area contributed by atoms with Crippen molar-refractivity contribution >= 4 is 27.4 Å². The Hall–Kier alpha value is -2.32. The highest BCUT2D eigenvalue weighted by molar-refractivity contribution is 7.92. The molecule has 28 heavy (non-hydrogen) atoms. The van der Waals surface area contributed by atoms with Gasteiger partial charge in [-0.05, 0) is 44.4 Å². The van der Waals surface area contributed by atoms with Gasteiger partial charge < -0.3 is 14.4 Å². The number of ether oxygens (including phenoxy) is 1. The van der Waals surface area contributed by atoms with Crippen LogP contribution in [-0.4, -0.2) is 30.7 Å². The molecule has 1 N–H and O–H groups in total. The van der Waals surface area contributed by atoms with Crippen LogP contribution in [0.15, 0.2) is 27.9 Å². The van der Waals surface area contributed by atoms with Crippen molar-refractivity contribution in [3.05, 3.63) is 44.7 Å². The lowest BCUT2D eigenvalue weighted by Gasteiger charge is -2.29. The highest BCUT2D eigenvalue weighted by atomic mass is 35.5. The molecule has 1 atom stereocenters. The van der Waals surface area contributed by atoms with Gasteiger partial charge in [0.15, 0.2) is 9.84 Å². The van der Waals surface area contributed by atoms with Crippen LogP contribution < -0.4 is 10.3 Å². The van der Waals surface area contributed by atoms with E-state index in [1.54, 1.807) is 6.92 Å². The number of nitrogens with zero attached hydrogens (tertiary/aromatic N) is 1. The Kier molecular flexibility index (Phi) is 4.31. The van der Waals surface area contributed by atoms with Gasteiger partial charge in [-0.1, -0.05) is 11.6 Å². The van der Waals surface area contributed by atoms with Crippen LogP contribution in [0.25, 0.3) is 11.3 Å². The van der Waals surface area contributed by atoms with Gasteiger partial charge >= 0.3 is 5.97 Å². The third-order valence-electron chi connectivity index (χ3n) is 5.20. The zero-order valence-electron chi connectivity index (χ0n) is 15.2. The van der Waals surface area contributed by atoms with Gasteiger partial charge in [-0.2, -0.15) is 0 Å². The zero-order chi connectivity index (χ0) is 20.4. The Morgan fingerprint density at radius 2 is 2.00 bits per heavy atom. The van der Waals surface area contributed by atoms with E-state index in [0.29, 0.717) is 23.4 Å². The standard InChI is InChI=1S/C19H18ClNO6S/c1-3-27-15-8-16-12(7-14(15)20)17-11(9(2)28(16,25)26)6-13(19(23)24)18(22)21(17)10-4-5-10/h6-10H,3-5H2,1-2H3,(H,23,24). The normalized spacial score (nSPS) is 19.6. The minimum Gasteiger partial charge on any atom is -0.492 e. The molecule has 0 radical (unpaired) electrons. The molecule has 1 fully saturated rings. The number of sulfone groups is 1. The lowest BCUT2D eigenvalue weighted by molar-refractivity contribution is 0.0694. The minimum absolute atomic E-state index is 0.0391. The van der Waals surface area contributed by atoms with Gasteiger partial charge in [-0.15, -0.1) is 0 Å². The third-order valence-corrected chi connectivity index (χ3v) is 7.64. The summed E-state index contributed by atoms with van der Waals surface area (Å²) in [6, 6.07) is 3.92. The predicted octanol–water partition coefficient (Wildman–Crippen LogP) is 3.45. The molecule has 1 aromatic heterocycles. The number of hydrogen-bond acceptors (Lipinski definition) is 5. The zero-order valence-corrected chi connectivity index (χ0v) is 16.8. The molecule has 2 aliphatic rings. The minimum atomic E-state index is -3.82. The molecule has 0 bridgehead atoms. The van der Waals surface area contributed by atoms with Crippen LogP contribution in [0.4, 0.5) is 0 Å². The molecule has 1 saturated carbocycles. The molecule has 0 spiro atoms. The quantitative estimate of drug-likeness (QED) is 0.807. The Balaban J connectivity index is 2.14. The lowest BCUT2D eigenvalue weighted by atomic mass is 9.99. The number of rotatable bonds is 4. The number of carboxylic acids is 1. The Labute approximate surface area is 166 Å². The predicted molar refractivity (Wildman–Crippen MR) is 103 cm³/mol. The molecule has 0 saturated heterocycles. The Morgan fingerprint density at radius 3 is 2.57 bits per heavy atom. The molecule has 1 aromatic carbocycles. The van der Waals surface area contributed by atoms with E-state index in [1.807, 2.05) is 0 Å². The number of benzene rings is 1. The van der Waals surface area contributed by atoms with Crippen molar-refractivity contribution in [1.82, 2.24) is 4.57 Å². The number of pyridine rings is 1. The summed E-state index contributed by atoms with van der Waals surface area (Å²) in [4.78, 5) is 24.5. The monoisotopic (exact) mass is 423 g/mol. The second-order valence-corrected chi connectivity index (χ2v) is 9.62. The SMILES string of the molecule is CCOc1cc2c(cc1Cl)-c1c(cc(C(=O)O)c(=O)n1C1CC1)C(C)S2(=O)=O. The summed E-state index contributed by atoms with van der Waals surface area (Å²) in [5.41, 5.74) is -0.0109. The number of carbonyl (C=O) groups is 1. The summed E-state index contributed by atoms with van der Waals surface area (Å²) in [6.07, 6.45) is 1.47. The summed E-state index contributed by atoms with van der Waals surface area (Å²) in [5.74, 6) is -1.12. The molecular weight excluding hydrogens is 406 g/mol. The number of aromatic carboxylic acids is 1. The number of halogens is 1. The number of carboxylic acid groups (broad SMARTS) is 1. The first kappa shape index (κ1) is 19.0. The Morgan fingerprint density at radius 1 is 1.32 bits per heavy atom. The van der Waals surface area contributed by atoms with E-state index in [0.717, 1.165) is 12.8 Å². The lowest BCUT2D eigenvalue weighted by Crippen LogP contribution is -2.31. The van der Waals surface area contributed by atoms with Crippen LogP contribution in [0.5, 0.6) is 5.75 Å². The van der Waals surface area contributed by atoms with E-state index in [-0.39, 0.29) is 21.7 Å². The van der Waals surface area contributed by atoms with E-state index in [4.69, 9.17) is 16.3 Å². The van der Waals surface area contributed by atoms with Crippen molar-refractivity contribution in [1.29, 1.82) is 0 Å². The van der Waals surface area contributed by atoms with Crippen LogP contribution in [0.3, 0.4) is 0 Å². The van der Waals surface area contributed by atoms with Crippen molar-refractivity contribution in [2.45, 2.75) is 42.9 Å². The van der Waals surface area contributed by atoms with Gasteiger partial charge in [0.05, 0.1) is 27.5 Å². The molecule has 2 heterocycles. The van der Waals surface area contributed by atoms with E-state index in [2.05, 4.69) is 0 Å². The van der Waals surface area contributed by atoms with Crippen molar-refractivity contribution in [2.24, 2.45) is 0 Å². The maximum atomic E-state index is 13.2. The molecule has 0 amide bonds. The van der Waals surface area contributed by atoms with Gasteiger partial charge in [0, 0.05) is 17.7 Å². The summed E-state index contributed by atoms with van der Waals surface area (Å²) >= 11 is 6.30. The highest BCUT2D eigenvalue weighted by Crippen LogP contribution is 2.49. The molecule has 1 aliphatic heterocycles. The first-order valence-corrected chi connectivity index (χ1v) is 10.8. The topological polar surface area (TPSA) is 103 Å². The van der Waals surface area contributed by atoms with Crippen molar-refractivity contribution < 1.29 is 23.1 Å². The fourth-order valence-corrected chi connectivity index (χ4v) is 5.51. The van der Waals surface area contributed by atoms with Crippen LogP contribution in [0, 0.1) is 0 Å². The van der Waals surface area contributed by atoms with E-state index in [9.17, 15) is 23.1 Å². The molecule has 9 heteroatoms. The average Bonchev–Trinajstić information content (AvgIpc) is 3.45. The van der Waals surface area contributed by atoms with Crippen molar-refractivity contribution in [3.63, 3.8) is 0 Å². The third kappa shape index (κ3) is 2.66. The molecule has 7 nitrogen and oxygen atoms in total. The van der Waals surface area contributed by atoms with Gasteiger partial charge in [-0.25, -0.2) is 13.2 Å². The van der Waals surface area contributed by atoms with Crippen LogP contribution in [-0.2, 0) is 9.84 Å². The van der Waals surface area contributed by atoms with Gasteiger partial charge in [0.2, 0.25) is 0 Å². The van der Waals surface area contributed by atoms with E-state index < -0.39 is 32.2 Å². The van der Waals surface area contributed by atoms with Crippen molar-refractivity contribution in [2.75, 3.05) is 6.61 Å². The van der Waals surface area contributed by atoms with E-state index in [1.165, 1.54) is 29.7 Å². The molecule has 2 aromatic rings. The first-order valence-electron chi connectivity index (χ1n) is 8.91. The summed E-state index contributed by atoms with van der Waals surface area (Å²) in [6.45, 7) is 3.58. The first-order chi connectivity index (χ1) is 13.2. The van der Waals surface area contributed by atoms with Gasteiger partial charge in [0.1, 0.15) is 11.3 Å². The van der Waals surface area contributed by atoms with Crippen LogP contribution >= 0.6 is 11.6 Å². The second kappa shape index (κ2) is 6.35. The van der Waals surface area contributed by atoms with Gasteiger partial charge in [-0.3, -0.25) is 4.79 Å². The van der Waals surface area contributed by atoms with Crippen LogP contribution in [0.1, 0.15) is 53.9 Å². The maximum absolute atomic E-state index is 13.2. The molecule has 1 unspecified atom stereocenters. The summed E-state index contributed by atoms with van der Waals surface area (Å²) < 4.78 is 33.2. The fraction of sp³-hybridized carbons (Fsp3) is 0.368. The smallest absolute Gasteiger partial charge is 0.341 e. The molecule has 1 aliphatic carbocycles. The van der Waals surface area contributed by atoms with E-state index >= 15 is 0 Å². The maximum Gasteiger partial charge on any atom is 0.341 e. The second-order valence-electron chi connectivity index (χ2n) is 6.97. The summed E-state index contributed by atoms with van der Waals surface area (Å²) in [5, 5.41) is 8.67. The van der Waals surface area contributed by atoms with Gasteiger partial charge in [0.25, 0.3) is 5.56 Å². The average molecular weight is 424 g/mol. The highest BCUT2D eigenvalue weighted by Gasteiger charge is 2.41. The molecular formula is C19H18ClNO6S. The van der Waals surface area contributed by atoms with Crippen LogP contribution in [0.2, 0.25) is 5.02 Å². The number of hydrogen-bond donors (Lipinski definition) is 1. The Bertz CT molecular complexity index is 1180. The number of fused-ring (bicyclic) bond motifs is 3. The van der Waals surface area contributed by atoms with Crippen molar-refractivity contribution in [3.8, 4) is 17.0 Å². The largest absolute Gasteiger partial charge is 0.492 e.